The molecule has 0 saturated heterocycles. The summed E-state index contributed by atoms with van der Waals surface area (Å²) in [6, 6.07) is 4.12. The Kier molecular flexibility index (Phi) is 4.03. The number of carbonyl (C=O) groups excluding carboxylic acids is 1. The molecule has 0 unspecified atom stereocenters. The average molecular weight is 261 g/mol. The Morgan fingerprint density at radius 2 is 2.29 bits per heavy atom. The highest BCUT2D eigenvalue weighted by molar-refractivity contribution is 9.10. The minimum atomic E-state index is -0.382. The number of hydrogen-bond donors (Lipinski definition) is 2. The highest BCUT2D eigenvalue weighted by Gasteiger charge is 2.05. The normalized spacial score (nSPS) is 9.93. The molecule has 0 spiro atoms. The number of amides is 1. The second-order valence-electron chi connectivity index (χ2n) is 2.70. The third-order valence-electron chi connectivity index (χ3n) is 1.54. The summed E-state index contributed by atoms with van der Waals surface area (Å²) in [6.07, 6.45) is 0. The van der Waals surface area contributed by atoms with Crippen molar-refractivity contribution in [2.75, 3.05) is 18.9 Å². The number of carbonyl (C=O) groups is 1. The predicted molar refractivity (Wildman–Crippen MR) is 56.7 cm³/mol. The van der Waals surface area contributed by atoms with E-state index in [1.165, 1.54) is 12.1 Å². The average Bonchev–Trinajstić information content (AvgIpc) is 2.12. The van der Waals surface area contributed by atoms with Crippen LogP contribution in [0.1, 0.15) is 0 Å². The molecule has 1 rings (SSSR count). The standard InChI is InChI=1S/C9H10BrFN2O/c1-12-5-9(14)13-8-4-6(11)2-3-7(8)10/h2-4,12H,5H2,1H3,(H,13,14). The Labute approximate surface area is 89.8 Å². The van der Waals surface area contributed by atoms with Crippen molar-refractivity contribution in [3.05, 3.63) is 28.5 Å². The number of rotatable bonds is 3. The molecule has 1 aromatic carbocycles. The summed E-state index contributed by atoms with van der Waals surface area (Å²) in [6.45, 7) is 0.197. The van der Waals surface area contributed by atoms with E-state index in [1.54, 1.807) is 13.1 Å². The van der Waals surface area contributed by atoms with E-state index in [2.05, 4.69) is 26.6 Å². The van der Waals surface area contributed by atoms with E-state index >= 15 is 0 Å². The molecule has 14 heavy (non-hydrogen) atoms. The molecule has 0 aliphatic carbocycles. The fourth-order valence-electron chi connectivity index (χ4n) is 0.948. The van der Waals surface area contributed by atoms with E-state index in [9.17, 15) is 9.18 Å². The van der Waals surface area contributed by atoms with Crippen LogP contribution in [0.15, 0.2) is 22.7 Å². The molecule has 1 amide bonds. The van der Waals surface area contributed by atoms with Crippen molar-refractivity contribution in [1.29, 1.82) is 0 Å². The van der Waals surface area contributed by atoms with Gasteiger partial charge in [-0.1, -0.05) is 0 Å². The maximum Gasteiger partial charge on any atom is 0.238 e. The van der Waals surface area contributed by atoms with Crippen LogP contribution in [0.25, 0.3) is 0 Å². The summed E-state index contributed by atoms with van der Waals surface area (Å²) in [5, 5.41) is 5.26. The van der Waals surface area contributed by atoms with Crippen molar-refractivity contribution < 1.29 is 9.18 Å². The third kappa shape index (κ3) is 3.08. The molecule has 1 aromatic rings. The van der Waals surface area contributed by atoms with Crippen LogP contribution in [0.4, 0.5) is 10.1 Å². The predicted octanol–water partition coefficient (Wildman–Crippen LogP) is 1.75. The van der Waals surface area contributed by atoms with Crippen LogP contribution in [-0.2, 0) is 4.79 Å². The van der Waals surface area contributed by atoms with Crippen molar-refractivity contribution >= 4 is 27.5 Å². The zero-order chi connectivity index (χ0) is 10.6. The maximum absolute atomic E-state index is 12.8. The first kappa shape index (κ1) is 11.1. The first-order valence-electron chi connectivity index (χ1n) is 4.03. The SMILES string of the molecule is CNCC(=O)Nc1cc(F)ccc1Br. The molecule has 0 fully saturated rings. The molecule has 0 aromatic heterocycles. The highest BCUT2D eigenvalue weighted by atomic mass is 79.9. The minimum Gasteiger partial charge on any atom is -0.324 e. The van der Waals surface area contributed by atoms with E-state index in [1.807, 2.05) is 0 Å². The summed E-state index contributed by atoms with van der Waals surface area (Å²) in [7, 11) is 1.67. The third-order valence-corrected chi connectivity index (χ3v) is 2.23. The van der Waals surface area contributed by atoms with Crippen molar-refractivity contribution in [3.63, 3.8) is 0 Å². The Bertz CT molecular complexity index is 344. The second-order valence-corrected chi connectivity index (χ2v) is 3.56. The van der Waals surface area contributed by atoms with Crippen LogP contribution in [0.3, 0.4) is 0 Å². The van der Waals surface area contributed by atoms with E-state index in [-0.39, 0.29) is 18.3 Å². The van der Waals surface area contributed by atoms with Crippen molar-refractivity contribution in [2.24, 2.45) is 0 Å². The van der Waals surface area contributed by atoms with Crippen LogP contribution in [0, 0.1) is 5.82 Å². The summed E-state index contributed by atoms with van der Waals surface area (Å²) < 4.78 is 13.5. The van der Waals surface area contributed by atoms with Gasteiger partial charge in [-0.25, -0.2) is 4.39 Å². The summed E-state index contributed by atoms with van der Waals surface area (Å²) in [5.41, 5.74) is 0.435. The van der Waals surface area contributed by atoms with Crippen molar-refractivity contribution in [1.82, 2.24) is 5.32 Å². The molecule has 2 N–H and O–H groups in total. The van der Waals surface area contributed by atoms with Gasteiger partial charge in [-0.15, -0.1) is 0 Å². The number of halogens is 2. The molecule has 0 atom stereocenters. The van der Waals surface area contributed by atoms with Gasteiger partial charge in [-0.3, -0.25) is 4.79 Å². The molecular formula is C9H10BrFN2O. The van der Waals surface area contributed by atoms with E-state index < -0.39 is 0 Å². The van der Waals surface area contributed by atoms with Gasteiger partial charge >= 0.3 is 0 Å². The molecule has 3 nitrogen and oxygen atoms in total. The maximum atomic E-state index is 12.8. The molecular weight excluding hydrogens is 251 g/mol. The second kappa shape index (κ2) is 5.07. The first-order valence-corrected chi connectivity index (χ1v) is 4.82. The van der Waals surface area contributed by atoms with Crippen molar-refractivity contribution in [2.45, 2.75) is 0 Å². The largest absolute Gasteiger partial charge is 0.324 e. The zero-order valence-electron chi connectivity index (χ0n) is 7.60. The Morgan fingerprint density at radius 3 is 2.93 bits per heavy atom. The van der Waals surface area contributed by atoms with E-state index in [0.717, 1.165) is 0 Å². The first-order chi connectivity index (χ1) is 6.63. The lowest BCUT2D eigenvalue weighted by atomic mass is 10.3. The van der Waals surface area contributed by atoms with Gasteiger partial charge < -0.3 is 10.6 Å². The smallest absolute Gasteiger partial charge is 0.238 e. The Balaban J connectivity index is 2.75. The zero-order valence-corrected chi connectivity index (χ0v) is 9.19. The molecule has 0 heterocycles. The molecule has 0 aliphatic heterocycles. The minimum absolute atomic E-state index is 0.197. The topological polar surface area (TPSA) is 41.1 Å². The number of benzene rings is 1. The molecule has 0 aliphatic rings. The molecule has 5 heteroatoms. The van der Waals surface area contributed by atoms with Crippen LogP contribution < -0.4 is 10.6 Å². The number of nitrogens with one attached hydrogen (secondary N) is 2. The summed E-state index contributed by atoms with van der Waals surface area (Å²) in [5.74, 6) is -0.591. The Morgan fingerprint density at radius 1 is 1.57 bits per heavy atom. The monoisotopic (exact) mass is 260 g/mol. The van der Waals surface area contributed by atoms with Crippen LogP contribution in [-0.4, -0.2) is 19.5 Å². The van der Waals surface area contributed by atoms with Crippen LogP contribution >= 0.6 is 15.9 Å². The summed E-state index contributed by atoms with van der Waals surface area (Å²) >= 11 is 3.21. The fraction of sp³-hybridized carbons (Fsp3) is 0.222. The van der Waals surface area contributed by atoms with Gasteiger partial charge in [-0.05, 0) is 41.2 Å². The lowest BCUT2D eigenvalue weighted by molar-refractivity contribution is -0.115. The van der Waals surface area contributed by atoms with Gasteiger partial charge in [0.15, 0.2) is 0 Å². The van der Waals surface area contributed by atoms with Gasteiger partial charge in [0.1, 0.15) is 5.82 Å². The summed E-state index contributed by atoms with van der Waals surface area (Å²) in [4.78, 5) is 11.2. The van der Waals surface area contributed by atoms with Crippen LogP contribution in [0.5, 0.6) is 0 Å². The van der Waals surface area contributed by atoms with Gasteiger partial charge in [-0.2, -0.15) is 0 Å². The van der Waals surface area contributed by atoms with E-state index in [0.29, 0.717) is 10.2 Å². The van der Waals surface area contributed by atoms with Gasteiger partial charge in [0.2, 0.25) is 5.91 Å². The van der Waals surface area contributed by atoms with E-state index in [4.69, 9.17) is 0 Å². The Hall–Kier alpha value is -0.940. The van der Waals surface area contributed by atoms with Crippen molar-refractivity contribution in [3.8, 4) is 0 Å². The quantitative estimate of drug-likeness (QED) is 0.870. The van der Waals surface area contributed by atoms with Gasteiger partial charge in [0.25, 0.3) is 0 Å². The number of likely N-dealkylation sites (N-methyl/N-ethyl adjacent to an activating group) is 1. The molecule has 0 saturated carbocycles. The van der Waals surface area contributed by atoms with Crippen LogP contribution in [0.2, 0.25) is 0 Å². The fourth-order valence-corrected chi connectivity index (χ4v) is 1.29. The number of anilines is 1. The lowest BCUT2D eigenvalue weighted by Gasteiger charge is -2.06. The molecule has 0 radical (unpaired) electrons. The molecule has 76 valence electrons. The lowest BCUT2D eigenvalue weighted by Crippen LogP contribution is -2.25. The molecule has 0 bridgehead atoms. The highest BCUT2D eigenvalue weighted by Crippen LogP contribution is 2.22. The van der Waals surface area contributed by atoms with Gasteiger partial charge in [0, 0.05) is 4.47 Å². The number of hydrogen-bond acceptors (Lipinski definition) is 2. The van der Waals surface area contributed by atoms with Gasteiger partial charge in [0.05, 0.1) is 12.2 Å².